The number of carbonyl (C=O) groups is 1. The molecule has 0 aromatic heterocycles. The van der Waals surface area contributed by atoms with Gasteiger partial charge in [-0.05, 0) is 48.4 Å². The minimum Gasteiger partial charge on any atom is -0.488 e. The van der Waals surface area contributed by atoms with Gasteiger partial charge in [0.1, 0.15) is 36.1 Å². The first kappa shape index (κ1) is 20.3. The van der Waals surface area contributed by atoms with E-state index in [1.165, 1.54) is 24.3 Å². The molecular weight excluding hydrogens is 392 g/mol. The van der Waals surface area contributed by atoms with Crippen LogP contribution in [0, 0.1) is 23.0 Å². The highest BCUT2D eigenvalue weighted by molar-refractivity contribution is 5.81. The third-order valence-corrected chi connectivity index (χ3v) is 5.22. The van der Waals surface area contributed by atoms with Crippen LogP contribution in [0.4, 0.5) is 8.78 Å². The van der Waals surface area contributed by atoms with E-state index in [-0.39, 0.29) is 24.4 Å². The molecular formula is C22H21F2N3O3. The molecule has 1 saturated heterocycles. The second kappa shape index (κ2) is 8.78. The monoisotopic (exact) mass is 413 g/mol. The molecule has 30 heavy (non-hydrogen) atoms. The number of nitriles is 1. The van der Waals surface area contributed by atoms with Gasteiger partial charge in [0.25, 0.3) is 5.91 Å². The smallest absolute Gasteiger partial charge is 0.251 e. The number of ether oxygens (including phenoxy) is 2. The molecule has 2 N–H and O–H groups in total. The number of fused-ring (bicyclic) bond motifs is 3. The Morgan fingerprint density at radius 2 is 2.17 bits per heavy atom. The van der Waals surface area contributed by atoms with Crippen molar-refractivity contribution in [2.24, 2.45) is 0 Å². The molecule has 2 heterocycles. The van der Waals surface area contributed by atoms with Gasteiger partial charge >= 0.3 is 0 Å². The van der Waals surface area contributed by atoms with Crippen LogP contribution in [-0.2, 0) is 22.6 Å². The summed E-state index contributed by atoms with van der Waals surface area (Å²) in [6.07, 6.45) is 0.111. The van der Waals surface area contributed by atoms with E-state index in [0.29, 0.717) is 35.6 Å². The SMILES string of the molecule is N#CC(Cc1cc2c(cc1F)-c1ccc(F)cc1CO2)NC(=O)[C@@H]1CNCCCO1. The van der Waals surface area contributed by atoms with E-state index in [1.807, 2.05) is 6.07 Å². The molecule has 8 heteroatoms. The lowest BCUT2D eigenvalue weighted by atomic mass is 9.94. The van der Waals surface area contributed by atoms with Crippen LogP contribution in [0.5, 0.6) is 5.75 Å². The van der Waals surface area contributed by atoms with Gasteiger partial charge < -0.3 is 20.1 Å². The average molecular weight is 413 g/mol. The van der Waals surface area contributed by atoms with Crippen molar-refractivity contribution in [3.63, 3.8) is 0 Å². The average Bonchev–Trinajstić information content (AvgIpc) is 3.03. The number of amides is 1. The van der Waals surface area contributed by atoms with Crippen molar-refractivity contribution in [3.05, 3.63) is 53.1 Å². The standard InChI is InChI=1S/C22H21F2N3O3/c23-15-2-3-17-14(6-15)12-30-20-8-13(19(24)9-18(17)20)7-16(10-25)27-22(28)21-11-26-4-1-5-29-21/h2-3,6,8-9,16,21,26H,1,4-5,7,11-12H2,(H,27,28)/t16?,21-/m0/s1. The third kappa shape index (κ3) is 4.27. The summed E-state index contributed by atoms with van der Waals surface area (Å²) in [5.41, 5.74) is 2.15. The van der Waals surface area contributed by atoms with Crippen molar-refractivity contribution in [2.75, 3.05) is 19.7 Å². The van der Waals surface area contributed by atoms with E-state index >= 15 is 0 Å². The number of nitrogens with zero attached hydrogens (tertiary/aromatic N) is 1. The number of rotatable bonds is 4. The first-order chi connectivity index (χ1) is 14.5. The van der Waals surface area contributed by atoms with Crippen LogP contribution in [0.2, 0.25) is 0 Å². The molecule has 1 amide bonds. The van der Waals surface area contributed by atoms with Crippen LogP contribution in [0.1, 0.15) is 17.5 Å². The van der Waals surface area contributed by atoms with Crippen molar-refractivity contribution in [2.45, 2.75) is 31.6 Å². The molecule has 1 unspecified atom stereocenters. The number of halogens is 2. The summed E-state index contributed by atoms with van der Waals surface area (Å²) < 4.78 is 39.4. The van der Waals surface area contributed by atoms with E-state index < -0.39 is 23.9 Å². The van der Waals surface area contributed by atoms with Gasteiger partial charge in [0, 0.05) is 30.7 Å². The van der Waals surface area contributed by atoms with Crippen LogP contribution in [0.3, 0.4) is 0 Å². The number of hydrogen-bond acceptors (Lipinski definition) is 5. The van der Waals surface area contributed by atoms with Gasteiger partial charge in [-0.1, -0.05) is 6.07 Å². The molecule has 2 aliphatic heterocycles. The first-order valence-electron chi connectivity index (χ1n) is 9.81. The Bertz CT molecular complexity index is 998. The van der Waals surface area contributed by atoms with Crippen molar-refractivity contribution in [1.29, 1.82) is 5.26 Å². The Hall–Kier alpha value is -3.02. The number of nitrogens with one attached hydrogen (secondary N) is 2. The summed E-state index contributed by atoms with van der Waals surface area (Å²) in [5, 5.41) is 15.2. The molecule has 0 aliphatic carbocycles. The lowest BCUT2D eigenvalue weighted by molar-refractivity contribution is -0.132. The molecule has 1 fully saturated rings. The molecule has 0 radical (unpaired) electrons. The number of hydrogen-bond donors (Lipinski definition) is 2. The van der Waals surface area contributed by atoms with Gasteiger partial charge in [0.2, 0.25) is 0 Å². The fourth-order valence-corrected chi connectivity index (χ4v) is 3.68. The second-order valence-corrected chi connectivity index (χ2v) is 7.34. The molecule has 0 saturated carbocycles. The number of benzene rings is 2. The van der Waals surface area contributed by atoms with Gasteiger partial charge in [-0.25, -0.2) is 8.78 Å². The number of carbonyl (C=O) groups excluding carboxylic acids is 1. The summed E-state index contributed by atoms with van der Waals surface area (Å²) >= 11 is 0. The van der Waals surface area contributed by atoms with E-state index in [4.69, 9.17) is 9.47 Å². The summed E-state index contributed by atoms with van der Waals surface area (Å²) in [5.74, 6) is -0.832. The fourth-order valence-electron chi connectivity index (χ4n) is 3.68. The van der Waals surface area contributed by atoms with Gasteiger partial charge in [-0.2, -0.15) is 5.26 Å². The van der Waals surface area contributed by atoms with E-state index in [2.05, 4.69) is 10.6 Å². The van der Waals surface area contributed by atoms with Crippen LogP contribution < -0.4 is 15.4 Å². The fraction of sp³-hybridized carbons (Fsp3) is 0.364. The highest BCUT2D eigenvalue weighted by atomic mass is 19.1. The molecule has 0 spiro atoms. The molecule has 2 aliphatic rings. The molecule has 2 aromatic carbocycles. The predicted octanol–water partition coefficient (Wildman–Crippen LogP) is 2.45. The van der Waals surface area contributed by atoms with Crippen molar-refractivity contribution >= 4 is 5.91 Å². The van der Waals surface area contributed by atoms with Crippen molar-refractivity contribution in [3.8, 4) is 22.9 Å². The maximum absolute atomic E-state index is 14.8. The molecule has 0 bridgehead atoms. The summed E-state index contributed by atoms with van der Waals surface area (Å²) in [6.45, 7) is 1.77. The lowest BCUT2D eigenvalue weighted by Crippen LogP contribution is -2.46. The minimum absolute atomic E-state index is 0.0128. The van der Waals surface area contributed by atoms with Gasteiger partial charge in [0.15, 0.2) is 0 Å². The Morgan fingerprint density at radius 3 is 3.00 bits per heavy atom. The lowest BCUT2D eigenvalue weighted by Gasteiger charge is -2.23. The third-order valence-electron chi connectivity index (χ3n) is 5.22. The van der Waals surface area contributed by atoms with Crippen LogP contribution in [0.25, 0.3) is 11.1 Å². The maximum atomic E-state index is 14.8. The predicted molar refractivity (Wildman–Crippen MR) is 105 cm³/mol. The maximum Gasteiger partial charge on any atom is 0.251 e. The summed E-state index contributed by atoms with van der Waals surface area (Å²) in [7, 11) is 0. The minimum atomic E-state index is -0.915. The molecule has 2 atom stereocenters. The van der Waals surface area contributed by atoms with E-state index in [1.54, 1.807) is 6.07 Å². The van der Waals surface area contributed by atoms with Crippen LogP contribution in [0.15, 0.2) is 30.3 Å². The van der Waals surface area contributed by atoms with Crippen LogP contribution in [-0.4, -0.2) is 37.7 Å². The molecule has 156 valence electrons. The summed E-state index contributed by atoms with van der Waals surface area (Å²) in [6, 6.07) is 8.26. The Balaban J connectivity index is 1.51. The molecule has 2 aromatic rings. The van der Waals surface area contributed by atoms with Gasteiger partial charge in [-0.15, -0.1) is 0 Å². The topological polar surface area (TPSA) is 83.4 Å². The quantitative estimate of drug-likeness (QED) is 0.805. The van der Waals surface area contributed by atoms with E-state index in [9.17, 15) is 18.8 Å². The molecule has 6 nitrogen and oxygen atoms in total. The first-order valence-corrected chi connectivity index (χ1v) is 9.81. The zero-order valence-corrected chi connectivity index (χ0v) is 16.2. The zero-order chi connectivity index (χ0) is 21.1. The largest absolute Gasteiger partial charge is 0.488 e. The Morgan fingerprint density at radius 1 is 1.30 bits per heavy atom. The highest BCUT2D eigenvalue weighted by Gasteiger charge is 2.25. The van der Waals surface area contributed by atoms with Crippen LogP contribution >= 0.6 is 0 Å². The molecule has 4 rings (SSSR count). The summed E-state index contributed by atoms with van der Waals surface area (Å²) in [4.78, 5) is 12.4. The Labute approximate surface area is 172 Å². The normalized spacial score (nSPS) is 18.8. The Kier molecular flexibility index (Phi) is 5.93. The van der Waals surface area contributed by atoms with Crippen molar-refractivity contribution in [1.82, 2.24) is 10.6 Å². The van der Waals surface area contributed by atoms with E-state index in [0.717, 1.165) is 13.0 Å². The zero-order valence-electron chi connectivity index (χ0n) is 16.2. The van der Waals surface area contributed by atoms with Crippen molar-refractivity contribution < 1.29 is 23.0 Å². The van der Waals surface area contributed by atoms with Gasteiger partial charge in [-0.3, -0.25) is 4.79 Å². The second-order valence-electron chi connectivity index (χ2n) is 7.34. The highest BCUT2D eigenvalue weighted by Crippen LogP contribution is 2.39. The van der Waals surface area contributed by atoms with Gasteiger partial charge in [0.05, 0.1) is 6.07 Å².